The van der Waals surface area contributed by atoms with Gasteiger partial charge in [0.2, 0.25) is 0 Å². The van der Waals surface area contributed by atoms with E-state index in [0.717, 1.165) is 24.5 Å². The van der Waals surface area contributed by atoms with Gasteiger partial charge in [-0.1, -0.05) is 18.2 Å². The molecule has 0 amide bonds. The number of benzene rings is 2. The van der Waals surface area contributed by atoms with E-state index >= 15 is 0 Å². The first-order chi connectivity index (χ1) is 13.6. The molecule has 0 saturated heterocycles. The van der Waals surface area contributed by atoms with Gasteiger partial charge in [0.15, 0.2) is 5.96 Å². The third-order valence-corrected chi connectivity index (χ3v) is 4.81. The molecule has 2 aromatic carbocycles. The number of fused-ring (bicyclic) bond motifs is 1. The average molecular weight is 380 g/mol. The Hall–Kier alpha value is -3.15. The van der Waals surface area contributed by atoms with E-state index in [-0.39, 0.29) is 5.75 Å². The van der Waals surface area contributed by atoms with Crippen molar-refractivity contribution < 1.29 is 9.84 Å². The van der Waals surface area contributed by atoms with Crippen LogP contribution in [0.3, 0.4) is 0 Å². The van der Waals surface area contributed by atoms with E-state index in [0.29, 0.717) is 18.7 Å². The molecule has 3 aromatic rings. The van der Waals surface area contributed by atoms with Gasteiger partial charge in [-0.05, 0) is 48.6 Å². The largest absolute Gasteiger partial charge is 0.508 e. The highest BCUT2D eigenvalue weighted by atomic mass is 16.5. The number of nitrogens with zero attached hydrogens (tertiary/aromatic N) is 1. The first kappa shape index (κ1) is 19.6. The number of hydrogen-bond acceptors (Lipinski definition) is 3. The highest BCUT2D eigenvalue weighted by Crippen LogP contribution is 2.23. The van der Waals surface area contributed by atoms with Crippen molar-refractivity contribution in [3.05, 3.63) is 59.3 Å². The number of aromatic amines is 1. The fourth-order valence-electron chi connectivity index (χ4n) is 3.24. The summed E-state index contributed by atoms with van der Waals surface area (Å²) >= 11 is 0. The van der Waals surface area contributed by atoms with Crippen molar-refractivity contribution in [1.29, 1.82) is 0 Å². The van der Waals surface area contributed by atoms with Crippen molar-refractivity contribution in [2.45, 2.75) is 19.8 Å². The summed E-state index contributed by atoms with van der Waals surface area (Å²) in [6.07, 6.45) is 3.68. The predicted molar refractivity (Wildman–Crippen MR) is 114 cm³/mol. The summed E-state index contributed by atoms with van der Waals surface area (Å²) in [7, 11) is 3.34. The Morgan fingerprint density at radius 3 is 2.50 bits per heavy atom. The zero-order valence-corrected chi connectivity index (χ0v) is 16.7. The Labute approximate surface area is 165 Å². The zero-order valence-electron chi connectivity index (χ0n) is 16.7. The summed E-state index contributed by atoms with van der Waals surface area (Å²) in [4.78, 5) is 7.61. The molecule has 0 saturated carbocycles. The first-order valence-electron chi connectivity index (χ1n) is 9.47. The maximum Gasteiger partial charge on any atom is 0.190 e. The van der Waals surface area contributed by atoms with Crippen molar-refractivity contribution in [2.75, 3.05) is 27.2 Å². The molecule has 6 heteroatoms. The van der Waals surface area contributed by atoms with Crippen LogP contribution in [0.25, 0.3) is 10.9 Å². The second kappa shape index (κ2) is 9.17. The molecular weight excluding hydrogens is 352 g/mol. The number of aromatic nitrogens is 1. The molecule has 1 heterocycles. The highest BCUT2D eigenvalue weighted by molar-refractivity contribution is 5.84. The number of rotatable bonds is 7. The Morgan fingerprint density at radius 1 is 1.07 bits per heavy atom. The van der Waals surface area contributed by atoms with Gasteiger partial charge in [-0.15, -0.1) is 0 Å². The molecule has 6 nitrogen and oxygen atoms in total. The summed E-state index contributed by atoms with van der Waals surface area (Å²) in [6, 6.07) is 11.8. The van der Waals surface area contributed by atoms with Crippen LogP contribution >= 0.6 is 0 Å². The van der Waals surface area contributed by atoms with Crippen LogP contribution in [0.15, 0.2) is 47.6 Å². The molecule has 4 N–H and O–H groups in total. The summed E-state index contributed by atoms with van der Waals surface area (Å²) in [5.74, 6) is 1.65. The van der Waals surface area contributed by atoms with Gasteiger partial charge in [-0.25, -0.2) is 0 Å². The number of phenolic OH excluding ortho intramolecular Hbond substituents is 1. The Balaban J connectivity index is 1.47. The van der Waals surface area contributed by atoms with Crippen molar-refractivity contribution in [2.24, 2.45) is 4.99 Å². The van der Waals surface area contributed by atoms with Gasteiger partial charge in [0, 0.05) is 43.3 Å². The highest BCUT2D eigenvalue weighted by Gasteiger charge is 2.06. The standard InChI is InChI=1S/C22H28N4O2/c1-15-4-7-19-17(14-26-20(19)12-15)9-11-25-22(23-2)24-10-8-16-5-6-18(28-3)13-21(16)27/h4-7,12-14,26-27H,8-11H2,1-3H3,(H2,23,24,25). The number of nitrogens with one attached hydrogen (secondary N) is 3. The SMILES string of the molecule is CN=C(NCCc1ccc(OC)cc1O)NCCc1c[nH]c2cc(C)ccc12. The number of aromatic hydroxyl groups is 1. The number of phenols is 1. The third-order valence-electron chi connectivity index (χ3n) is 4.81. The average Bonchev–Trinajstić information content (AvgIpc) is 3.09. The number of aryl methyl sites for hydroxylation is 1. The second-order valence-electron chi connectivity index (χ2n) is 6.78. The van der Waals surface area contributed by atoms with Gasteiger partial charge < -0.3 is 25.5 Å². The van der Waals surface area contributed by atoms with Crippen molar-refractivity contribution >= 4 is 16.9 Å². The molecule has 3 rings (SSSR count). The summed E-state index contributed by atoms with van der Waals surface area (Å²) < 4.78 is 5.11. The van der Waals surface area contributed by atoms with E-state index in [4.69, 9.17) is 4.74 Å². The third kappa shape index (κ3) is 4.76. The van der Waals surface area contributed by atoms with E-state index in [9.17, 15) is 5.11 Å². The van der Waals surface area contributed by atoms with Gasteiger partial charge in [-0.3, -0.25) is 4.99 Å². The number of ether oxygens (including phenoxy) is 1. The molecule has 0 radical (unpaired) electrons. The van der Waals surface area contributed by atoms with Crippen LogP contribution in [0.2, 0.25) is 0 Å². The molecule has 0 atom stereocenters. The number of guanidine groups is 1. The topological polar surface area (TPSA) is 81.7 Å². The normalized spacial score (nSPS) is 11.6. The van der Waals surface area contributed by atoms with Crippen LogP contribution < -0.4 is 15.4 Å². The van der Waals surface area contributed by atoms with Crippen LogP contribution in [0.4, 0.5) is 0 Å². The lowest BCUT2D eigenvalue weighted by molar-refractivity contribution is 0.406. The quantitative estimate of drug-likeness (QED) is 0.375. The minimum Gasteiger partial charge on any atom is -0.508 e. The molecule has 1 aromatic heterocycles. The fourth-order valence-corrected chi connectivity index (χ4v) is 3.24. The maximum atomic E-state index is 10.0. The number of methoxy groups -OCH3 is 1. The van der Waals surface area contributed by atoms with Gasteiger partial charge in [0.05, 0.1) is 7.11 Å². The smallest absolute Gasteiger partial charge is 0.190 e. The molecule has 0 aliphatic carbocycles. The van der Waals surface area contributed by atoms with Gasteiger partial charge in [0.1, 0.15) is 11.5 Å². The monoisotopic (exact) mass is 380 g/mol. The molecule has 0 fully saturated rings. The lowest BCUT2D eigenvalue weighted by Crippen LogP contribution is -2.39. The molecule has 0 aliphatic heterocycles. The summed E-state index contributed by atoms with van der Waals surface area (Å²) in [6.45, 7) is 3.56. The van der Waals surface area contributed by atoms with Crippen molar-refractivity contribution in [3.63, 3.8) is 0 Å². The van der Waals surface area contributed by atoms with Gasteiger partial charge in [-0.2, -0.15) is 0 Å². The molecule has 0 bridgehead atoms. The lowest BCUT2D eigenvalue weighted by atomic mass is 10.1. The van der Waals surface area contributed by atoms with Gasteiger partial charge in [0.25, 0.3) is 0 Å². The first-order valence-corrected chi connectivity index (χ1v) is 9.47. The Morgan fingerprint density at radius 2 is 1.82 bits per heavy atom. The van der Waals surface area contributed by atoms with Crippen molar-refractivity contribution in [3.8, 4) is 11.5 Å². The minimum absolute atomic E-state index is 0.249. The van der Waals surface area contributed by atoms with E-state index in [1.807, 2.05) is 12.1 Å². The second-order valence-corrected chi connectivity index (χ2v) is 6.78. The molecule has 0 aliphatic rings. The van der Waals surface area contributed by atoms with Gasteiger partial charge >= 0.3 is 0 Å². The van der Waals surface area contributed by atoms with E-state index in [2.05, 4.69) is 51.9 Å². The van der Waals surface area contributed by atoms with Crippen LogP contribution in [0.5, 0.6) is 11.5 Å². The van der Waals surface area contributed by atoms with Crippen LogP contribution in [-0.2, 0) is 12.8 Å². The molecular formula is C22H28N4O2. The Bertz CT molecular complexity index is 962. The van der Waals surface area contributed by atoms with Crippen LogP contribution in [-0.4, -0.2) is 43.3 Å². The molecule has 0 unspecified atom stereocenters. The van der Waals surface area contributed by atoms with Crippen LogP contribution in [0, 0.1) is 6.92 Å². The maximum absolute atomic E-state index is 10.0. The number of H-pyrrole nitrogens is 1. The van der Waals surface area contributed by atoms with E-state index in [1.54, 1.807) is 20.2 Å². The number of aliphatic imine (C=N–C) groups is 1. The zero-order chi connectivity index (χ0) is 19.9. The molecule has 148 valence electrons. The molecule has 0 spiro atoms. The fraction of sp³-hybridized carbons (Fsp3) is 0.318. The van der Waals surface area contributed by atoms with Crippen LogP contribution in [0.1, 0.15) is 16.7 Å². The predicted octanol–water partition coefficient (Wildman–Crippen LogP) is 3.14. The minimum atomic E-state index is 0.249. The Kier molecular flexibility index (Phi) is 6.42. The lowest BCUT2D eigenvalue weighted by Gasteiger charge is -2.12. The van der Waals surface area contributed by atoms with Crippen molar-refractivity contribution in [1.82, 2.24) is 15.6 Å². The molecule has 28 heavy (non-hydrogen) atoms. The van der Waals surface area contributed by atoms with E-state index in [1.165, 1.54) is 22.0 Å². The summed E-state index contributed by atoms with van der Waals surface area (Å²) in [5, 5.41) is 17.9. The summed E-state index contributed by atoms with van der Waals surface area (Å²) in [5.41, 5.74) is 4.60. The number of hydrogen-bond donors (Lipinski definition) is 4. The van der Waals surface area contributed by atoms with E-state index < -0.39 is 0 Å².